The van der Waals surface area contributed by atoms with Crippen LogP contribution in [0.3, 0.4) is 0 Å². The third kappa shape index (κ3) is 3.44. The van der Waals surface area contributed by atoms with Crippen LogP contribution in [0.2, 0.25) is 0 Å². The van der Waals surface area contributed by atoms with Crippen molar-refractivity contribution in [2.75, 3.05) is 7.05 Å². The lowest BCUT2D eigenvalue weighted by atomic mass is 9.89. The molecular weight excluding hydrogens is 214 g/mol. The first-order chi connectivity index (χ1) is 7.88. The normalized spacial score (nSPS) is 21.1. The molecule has 1 unspecified atom stereocenters. The van der Waals surface area contributed by atoms with Gasteiger partial charge in [-0.15, -0.1) is 0 Å². The molecule has 3 nitrogen and oxygen atoms in total. The van der Waals surface area contributed by atoms with Crippen LogP contribution in [0.5, 0.6) is 0 Å². The molecule has 1 aliphatic carbocycles. The van der Waals surface area contributed by atoms with Crippen LogP contribution in [0.4, 0.5) is 0 Å². The number of carboxylic acids is 1. The van der Waals surface area contributed by atoms with E-state index in [0.29, 0.717) is 12.0 Å². The zero-order chi connectivity index (χ0) is 13.1. The number of carboxylic acid groups (broad SMARTS) is 1. The Balaban J connectivity index is 2.71. The van der Waals surface area contributed by atoms with Gasteiger partial charge in [0.25, 0.3) is 0 Å². The van der Waals surface area contributed by atoms with Crippen molar-refractivity contribution in [3.8, 4) is 0 Å². The molecule has 0 spiro atoms. The predicted octanol–water partition coefficient (Wildman–Crippen LogP) is 3.14. The highest BCUT2D eigenvalue weighted by Crippen LogP contribution is 2.31. The van der Waals surface area contributed by atoms with Crippen molar-refractivity contribution in [3.05, 3.63) is 0 Å². The van der Waals surface area contributed by atoms with Crippen molar-refractivity contribution in [2.45, 2.75) is 70.9 Å². The van der Waals surface area contributed by atoms with E-state index in [4.69, 9.17) is 0 Å². The van der Waals surface area contributed by atoms with Crippen LogP contribution >= 0.6 is 0 Å². The molecule has 0 heterocycles. The largest absolute Gasteiger partial charge is 0.480 e. The zero-order valence-electron chi connectivity index (χ0n) is 11.7. The van der Waals surface area contributed by atoms with Crippen LogP contribution in [0.25, 0.3) is 0 Å². The van der Waals surface area contributed by atoms with E-state index in [9.17, 15) is 9.90 Å². The summed E-state index contributed by atoms with van der Waals surface area (Å²) in [5, 5.41) is 9.53. The molecule has 1 aliphatic rings. The summed E-state index contributed by atoms with van der Waals surface area (Å²) < 4.78 is 0. The van der Waals surface area contributed by atoms with Crippen LogP contribution in [0.15, 0.2) is 0 Å². The summed E-state index contributed by atoms with van der Waals surface area (Å²) >= 11 is 0. The highest BCUT2D eigenvalue weighted by Gasteiger charge is 2.40. The molecule has 17 heavy (non-hydrogen) atoms. The number of rotatable bonds is 6. The minimum Gasteiger partial charge on any atom is -0.480 e. The van der Waals surface area contributed by atoms with E-state index in [1.165, 1.54) is 12.8 Å². The first-order valence-electron chi connectivity index (χ1n) is 6.84. The topological polar surface area (TPSA) is 40.5 Å². The van der Waals surface area contributed by atoms with E-state index in [1.54, 1.807) is 0 Å². The molecule has 1 saturated carbocycles. The average molecular weight is 241 g/mol. The molecule has 0 radical (unpaired) electrons. The second-order valence-corrected chi connectivity index (χ2v) is 6.06. The van der Waals surface area contributed by atoms with Crippen molar-refractivity contribution in [3.63, 3.8) is 0 Å². The van der Waals surface area contributed by atoms with Gasteiger partial charge in [-0.2, -0.15) is 0 Å². The molecule has 1 N–H and O–H groups in total. The van der Waals surface area contributed by atoms with Crippen molar-refractivity contribution in [2.24, 2.45) is 5.92 Å². The molecule has 0 bridgehead atoms. The van der Waals surface area contributed by atoms with Crippen molar-refractivity contribution >= 4 is 5.97 Å². The van der Waals surface area contributed by atoms with E-state index in [1.807, 2.05) is 14.0 Å². The van der Waals surface area contributed by atoms with Gasteiger partial charge in [-0.1, -0.05) is 26.7 Å². The lowest BCUT2D eigenvalue weighted by Gasteiger charge is -2.39. The fraction of sp³-hybridized carbons (Fsp3) is 0.929. The van der Waals surface area contributed by atoms with Crippen LogP contribution in [-0.4, -0.2) is 34.6 Å². The fourth-order valence-corrected chi connectivity index (χ4v) is 2.70. The summed E-state index contributed by atoms with van der Waals surface area (Å²) in [5.41, 5.74) is -0.695. The quantitative estimate of drug-likeness (QED) is 0.776. The van der Waals surface area contributed by atoms with Crippen molar-refractivity contribution < 1.29 is 9.90 Å². The summed E-state index contributed by atoms with van der Waals surface area (Å²) in [4.78, 5) is 13.7. The van der Waals surface area contributed by atoms with Gasteiger partial charge in [0.05, 0.1) is 0 Å². The van der Waals surface area contributed by atoms with Gasteiger partial charge < -0.3 is 5.11 Å². The number of aliphatic carboxylic acids is 1. The molecule has 0 saturated heterocycles. The Bertz CT molecular complexity index is 259. The number of carbonyl (C=O) groups is 1. The fourth-order valence-electron chi connectivity index (χ4n) is 2.70. The minimum atomic E-state index is -0.695. The first kappa shape index (κ1) is 14.5. The Morgan fingerprint density at radius 1 is 1.41 bits per heavy atom. The summed E-state index contributed by atoms with van der Waals surface area (Å²) in [6.07, 6.45) is 6.51. The standard InChI is InChI=1S/C14H27NO2/c1-11(2)9-10-14(3,13(16)17)15(4)12-7-5-6-8-12/h11-12H,5-10H2,1-4H3,(H,16,17). The third-order valence-electron chi connectivity index (χ3n) is 4.32. The molecule has 1 atom stereocenters. The summed E-state index contributed by atoms with van der Waals surface area (Å²) in [6.45, 7) is 6.19. The van der Waals surface area contributed by atoms with Gasteiger partial charge in [0.15, 0.2) is 0 Å². The Morgan fingerprint density at radius 2 is 1.94 bits per heavy atom. The SMILES string of the molecule is CC(C)CCC(C)(C(=O)O)N(C)C1CCCC1. The molecule has 1 rings (SSSR count). The van der Waals surface area contributed by atoms with Crippen molar-refractivity contribution in [1.82, 2.24) is 4.90 Å². The third-order valence-corrected chi connectivity index (χ3v) is 4.32. The second-order valence-electron chi connectivity index (χ2n) is 6.06. The first-order valence-corrected chi connectivity index (χ1v) is 6.84. The van der Waals surface area contributed by atoms with Gasteiger partial charge in [-0.05, 0) is 45.6 Å². The van der Waals surface area contributed by atoms with Crippen molar-refractivity contribution in [1.29, 1.82) is 0 Å². The zero-order valence-corrected chi connectivity index (χ0v) is 11.7. The summed E-state index contributed by atoms with van der Waals surface area (Å²) in [5.74, 6) is -0.113. The van der Waals surface area contributed by atoms with Gasteiger partial charge in [-0.25, -0.2) is 0 Å². The predicted molar refractivity (Wildman–Crippen MR) is 70.1 cm³/mol. The maximum Gasteiger partial charge on any atom is 0.323 e. The molecule has 0 aromatic heterocycles. The summed E-state index contributed by atoms with van der Waals surface area (Å²) in [6, 6.07) is 0.461. The molecule has 0 aromatic carbocycles. The molecule has 0 aromatic rings. The Hall–Kier alpha value is -0.570. The molecule has 0 aliphatic heterocycles. The van der Waals surface area contributed by atoms with E-state index < -0.39 is 11.5 Å². The van der Waals surface area contributed by atoms with Crippen LogP contribution in [0.1, 0.15) is 59.3 Å². The monoisotopic (exact) mass is 241 g/mol. The van der Waals surface area contributed by atoms with Gasteiger partial charge in [-0.3, -0.25) is 9.69 Å². The van der Waals surface area contributed by atoms with Gasteiger partial charge in [0.2, 0.25) is 0 Å². The highest BCUT2D eigenvalue weighted by atomic mass is 16.4. The minimum absolute atomic E-state index is 0.461. The Kier molecular flexibility index (Phi) is 4.99. The molecule has 3 heteroatoms. The lowest BCUT2D eigenvalue weighted by molar-refractivity contribution is -0.152. The van der Waals surface area contributed by atoms with Gasteiger partial charge >= 0.3 is 5.97 Å². The molecule has 0 amide bonds. The van der Waals surface area contributed by atoms with Crippen LogP contribution < -0.4 is 0 Å². The Labute approximate surface area is 105 Å². The molecular formula is C14H27NO2. The van der Waals surface area contributed by atoms with Gasteiger partial charge in [0.1, 0.15) is 5.54 Å². The highest BCUT2D eigenvalue weighted by molar-refractivity contribution is 5.78. The molecule has 100 valence electrons. The second kappa shape index (κ2) is 5.85. The lowest BCUT2D eigenvalue weighted by Crippen LogP contribution is -2.54. The number of nitrogens with zero attached hydrogens (tertiary/aromatic N) is 1. The number of hydrogen-bond acceptors (Lipinski definition) is 2. The molecule has 1 fully saturated rings. The maximum absolute atomic E-state index is 11.6. The summed E-state index contributed by atoms with van der Waals surface area (Å²) in [7, 11) is 1.99. The van der Waals surface area contributed by atoms with E-state index >= 15 is 0 Å². The van der Waals surface area contributed by atoms with E-state index in [2.05, 4.69) is 18.7 Å². The average Bonchev–Trinajstić information content (AvgIpc) is 2.77. The Morgan fingerprint density at radius 3 is 2.35 bits per heavy atom. The van der Waals surface area contributed by atoms with Gasteiger partial charge in [0, 0.05) is 6.04 Å². The van der Waals surface area contributed by atoms with Crippen LogP contribution in [-0.2, 0) is 4.79 Å². The van der Waals surface area contributed by atoms with Crippen LogP contribution in [0, 0.1) is 5.92 Å². The number of likely N-dealkylation sites (N-methyl/N-ethyl adjacent to an activating group) is 1. The number of hydrogen-bond donors (Lipinski definition) is 1. The maximum atomic E-state index is 11.6. The van der Waals surface area contributed by atoms with E-state index in [0.717, 1.165) is 25.7 Å². The smallest absolute Gasteiger partial charge is 0.323 e. The van der Waals surface area contributed by atoms with E-state index in [-0.39, 0.29) is 0 Å².